The van der Waals surface area contributed by atoms with Gasteiger partial charge in [-0.1, -0.05) is 12.2 Å². The van der Waals surface area contributed by atoms with Crippen molar-refractivity contribution in [3.63, 3.8) is 0 Å². The molecular weight excluding hydrogens is 229 g/mol. The van der Waals surface area contributed by atoms with E-state index in [1.807, 2.05) is 26.8 Å². The SMILES string of the molecule is CC(C)(C)OCC1C2C=CC(C2)C1C(F)(F)F. The molecule has 17 heavy (non-hydrogen) atoms. The molecule has 4 unspecified atom stereocenters. The van der Waals surface area contributed by atoms with Crippen LogP contribution in [0.4, 0.5) is 13.2 Å². The highest BCUT2D eigenvalue weighted by Gasteiger charge is 2.56. The molecule has 2 aliphatic rings. The zero-order valence-corrected chi connectivity index (χ0v) is 10.4. The highest BCUT2D eigenvalue weighted by Crippen LogP contribution is 2.54. The normalized spacial score (nSPS) is 36.8. The molecule has 2 rings (SSSR count). The van der Waals surface area contributed by atoms with Crippen LogP contribution in [0.25, 0.3) is 0 Å². The summed E-state index contributed by atoms with van der Waals surface area (Å²) in [5, 5.41) is 0. The monoisotopic (exact) mass is 248 g/mol. The summed E-state index contributed by atoms with van der Waals surface area (Å²) < 4.78 is 44.6. The van der Waals surface area contributed by atoms with E-state index in [2.05, 4.69) is 0 Å². The second-order valence-corrected chi connectivity index (χ2v) is 6.10. The van der Waals surface area contributed by atoms with E-state index in [1.165, 1.54) is 0 Å². The summed E-state index contributed by atoms with van der Waals surface area (Å²) in [7, 11) is 0. The smallest absolute Gasteiger partial charge is 0.376 e. The second kappa shape index (κ2) is 4.01. The molecule has 98 valence electrons. The van der Waals surface area contributed by atoms with E-state index in [4.69, 9.17) is 4.74 Å². The number of ether oxygens (including phenoxy) is 1. The van der Waals surface area contributed by atoms with E-state index in [0.717, 1.165) is 0 Å². The van der Waals surface area contributed by atoms with Crippen LogP contribution in [0.3, 0.4) is 0 Å². The van der Waals surface area contributed by atoms with Crippen LogP contribution in [0.2, 0.25) is 0 Å². The van der Waals surface area contributed by atoms with Gasteiger partial charge in [-0.05, 0) is 39.0 Å². The highest BCUT2D eigenvalue weighted by molar-refractivity contribution is 5.15. The maximum atomic E-state index is 13.0. The molecule has 1 nitrogen and oxygen atoms in total. The van der Waals surface area contributed by atoms with Crippen molar-refractivity contribution in [1.82, 2.24) is 0 Å². The van der Waals surface area contributed by atoms with Crippen LogP contribution in [-0.2, 0) is 4.74 Å². The zero-order chi connectivity index (χ0) is 12.8. The number of hydrogen-bond acceptors (Lipinski definition) is 1. The Morgan fingerprint density at radius 3 is 2.24 bits per heavy atom. The van der Waals surface area contributed by atoms with E-state index < -0.39 is 18.0 Å². The van der Waals surface area contributed by atoms with E-state index in [9.17, 15) is 13.2 Å². The predicted molar refractivity (Wildman–Crippen MR) is 59.5 cm³/mol. The molecule has 0 radical (unpaired) electrons. The standard InChI is InChI=1S/C13H19F3O/c1-12(2,3)17-7-10-8-4-5-9(6-8)11(10)13(14,15)16/h4-5,8-11H,6-7H2,1-3H3. The zero-order valence-electron chi connectivity index (χ0n) is 10.4. The predicted octanol–water partition coefficient (Wildman–Crippen LogP) is 3.80. The second-order valence-electron chi connectivity index (χ2n) is 6.10. The van der Waals surface area contributed by atoms with Gasteiger partial charge in [0.25, 0.3) is 0 Å². The number of fused-ring (bicyclic) bond motifs is 2. The van der Waals surface area contributed by atoms with E-state index in [-0.39, 0.29) is 24.0 Å². The maximum absolute atomic E-state index is 13.0. The van der Waals surface area contributed by atoms with Gasteiger partial charge in [0.15, 0.2) is 0 Å². The third-order valence-corrected chi connectivity index (χ3v) is 3.71. The van der Waals surface area contributed by atoms with Crippen LogP contribution in [0.1, 0.15) is 27.2 Å². The summed E-state index contributed by atoms with van der Waals surface area (Å²) in [6.07, 6.45) is 0.207. The van der Waals surface area contributed by atoms with Crippen molar-refractivity contribution in [2.75, 3.05) is 6.61 Å². The molecular formula is C13H19F3O. The number of halogens is 3. The topological polar surface area (TPSA) is 9.23 Å². The number of hydrogen-bond donors (Lipinski definition) is 0. The minimum Gasteiger partial charge on any atom is -0.376 e. The molecule has 0 N–H and O–H groups in total. The molecule has 0 heterocycles. The minimum absolute atomic E-state index is 0.0500. The van der Waals surface area contributed by atoms with Crippen LogP contribution < -0.4 is 0 Å². The first-order chi connectivity index (χ1) is 7.68. The quantitative estimate of drug-likeness (QED) is 0.675. The van der Waals surface area contributed by atoms with Gasteiger partial charge in [-0.25, -0.2) is 0 Å². The van der Waals surface area contributed by atoms with Gasteiger partial charge < -0.3 is 4.74 Å². The van der Waals surface area contributed by atoms with E-state index in [1.54, 1.807) is 6.08 Å². The van der Waals surface area contributed by atoms with Gasteiger partial charge in [-0.3, -0.25) is 0 Å². The van der Waals surface area contributed by atoms with Gasteiger partial charge in [0, 0.05) is 5.92 Å². The Bertz CT molecular complexity index is 314. The molecule has 0 spiro atoms. The summed E-state index contributed by atoms with van der Waals surface area (Å²) in [5.41, 5.74) is -0.373. The Labute approximate surface area is 100 Å². The van der Waals surface area contributed by atoms with Crippen molar-refractivity contribution < 1.29 is 17.9 Å². The van der Waals surface area contributed by atoms with Gasteiger partial charge in [-0.15, -0.1) is 0 Å². The largest absolute Gasteiger partial charge is 0.392 e. The van der Waals surface area contributed by atoms with Gasteiger partial charge in [0.1, 0.15) is 0 Å². The summed E-state index contributed by atoms with van der Waals surface area (Å²) in [5.74, 6) is -1.88. The Morgan fingerprint density at radius 1 is 1.12 bits per heavy atom. The summed E-state index contributed by atoms with van der Waals surface area (Å²) >= 11 is 0. The molecule has 0 saturated heterocycles. The van der Waals surface area contributed by atoms with Crippen LogP contribution in [0.15, 0.2) is 12.2 Å². The lowest BCUT2D eigenvalue weighted by molar-refractivity contribution is -0.201. The molecule has 0 amide bonds. The molecule has 4 heteroatoms. The first-order valence-corrected chi connectivity index (χ1v) is 6.07. The fraction of sp³-hybridized carbons (Fsp3) is 0.846. The Balaban J connectivity index is 2.07. The van der Waals surface area contributed by atoms with Crippen molar-refractivity contribution in [2.45, 2.75) is 39.0 Å². The Hall–Kier alpha value is -0.510. The highest BCUT2D eigenvalue weighted by atomic mass is 19.4. The van der Waals surface area contributed by atoms with Crippen LogP contribution in [0.5, 0.6) is 0 Å². The Morgan fingerprint density at radius 2 is 1.71 bits per heavy atom. The fourth-order valence-electron chi connectivity index (χ4n) is 2.98. The molecule has 2 bridgehead atoms. The number of allylic oxidation sites excluding steroid dienone is 2. The van der Waals surface area contributed by atoms with Gasteiger partial charge >= 0.3 is 6.18 Å². The number of alkyl halides is 3. The molecule has 0 aromatic carbocycles. The van der Waals surface area contributed by atoms with Crippen LogP contribution >= 0.6 is 0 Å². The van der Waals surface area contributed by atoms with Crippen LogP contribution in [-0.4, -0.2) is 18.4 Å². The van der Waals surface area contributed by atoms with Crippen LogP contribution in [0, 0.1) is 23.7 Å². The van der Waals surface area contributed by atoms with Gasteiger partial charge in [0.2, 0.25) is 0 Å². The van der Waals surface area contributed by atoms with Crippen molar-refractivity contribution in [1.29, 1.82) is 0 Å². The molecule has 1 fully saturated rings. The van der Waals surface area contributed by atoms with E-state index >= 15 is 0 Å². The summed E-state index contributed by atoms with van der Waals surface area (Å²) in [4.78, 5) is 0. The maximum Gasteiger partial charge on any atom is 0.392 e. The summed E-state index contributed by atoms with van der Waals surface area (Å²) in [6, 6.07) is 0. The lowest BCUT2D eigenvalue weighted by Crippen LogP contribution is -2.37. The third kappa shape index (κ3) is 2.67. The average molecular weight is 248 g/mol. The third-order valence-electron chi connectivity index (χ3n) is 3.71. The van der Waals surface area contributed by atoms with Gasteiger partial charge in [-0.2, -0.15) is 13.2 Å². The number of rotatable bonds is 2. The lowest BCUT2D eigenvalue weighted by Gasteiger charge is -2.32. The lowest BCUT2D eigenvalue weighted by atomic mass is 9.83. The molecule has 0 aromatic heterocycles. The fourth-order valence-corrected chi connectivity index (χ4v) is 2.98. The van der Waals surface area contributed by atoms with E-state index in [0.29, 0.717) is 6.42 Å². The Kier molecular flexibility index (Phi) is 3.05. The molecule has 2 aliphatic carbocycles. The minimum atomic E-state index is -4.10. The summed E-state index contributed by atoms with van der Waals surface area (Å²) in [6.45, 7) is 5.83. The first kappa shape index (κ1) is 12.9. The average Bonchev–Trinajstić information content (AvgIpc) is 2.70. The van der Waals surface area contributed by atoms with Crippen molar-refractivity contribution in [3.05, 3.63) is 12.2 Å². The molecule has 0 aromatic rings. The molecule has 1 saturated carbocycles. The molecule has 0 aliphatic heterocycles. The first-order valence-electron chi connectivity index (χ1n) is 6.07. The molecule has 4 atom stereocenters. The van der Waals surface area contributed by atoms with Crippen molar-refractivity contribution in [3.8, 4) is 0 Å². The van der Waals surface area contributed by atoms with Crippen molar-refractivity contribution >= 4 is 0 Å². The van der Waals surface area contributed by atoms with Gasteiger partial charge in [0.05, 0.1) is 18.1 Å². The van der Waals surface area contributed by atoms with Crippen molar-refractivity contribution in [2.24, 2.45) is 23.7 Å².